The lowest BCUT2D eigenvalue weighted by molar-refractivity contribution is -0.864. The van der Waals surface area contributed by atoms with Crippen LogP contribution in [0.2, 0.25) is 0 Å². The third-order valence-corrected chi connectivity index (χ3v) is 2.60. The fraction of sp³-hybridized carbons (Fsp3) is 0.273. The lowest BCUT2D eigenvalue weighted by Crippen LogP contribution is -3.11. The van der Waals surface area contributed by atoms with E-state index in [2.05, 4.69) is 15.9 Å². The molecule has 1 aromatic carbocycles. The van der Waals surface area contributed by atoms with E-state index < -0.39 is 5.97 Å². The molecule has 1 unspecified atom stereocenters. The van der Waals surface area contributed by atoms with Gasteiger partial charge in [0.25, 0.3) is 0 Å². The summed E-state index contributed by atoms with van der Waals surface area (Å²) in [5.74, 6) is -1.23. The highest BCUT2D eigenvalue weighted by molar-refractivity contribution is 9.10. The average Bonchev–Trinajstić information content (AvgIpc) is 2.16. The maximum atomic E-state index is 11.7. The molecule has 16 heavy (non-hydrogen) atoms. The fourth-order valence-electron chi connectivity index (χ4n) is 1.32. The van der Waals surface area contributed by atoms with E-state index in [-0.39, 0.29) is 18.9 Å². The number of halogens is 1. The Labute approximate surface area is 102 Å². The van der Waals surface area contributed by atoms with Gasteiger partial charge in [-0.15, -0.1) is 0 Å². The van der Waals surface area contributed by atoms with Crippen molar-refractivity contribution in [2.45, 2.75) is 0 Å². The van der Waals surface area contributed by atoms with Gasteiger partial charge in [-0.05, 0) is 12.1 Å². The van der Waals surface area contributed by atoms with Crippen LogP contribution in [0.4, 0.5) is 0 Å². The van der Waals surface area contributed by atoms with Crippen LogP contribution in [0.25, 0.3) is 0 Å². The Morgan fingerprint density at radius 3 is 2.31 bits per heavy atom. The third-order valence-electron chi connectivity index (χ3n) is 2.07. The number of aliphatic carboxylic acids is 1. The van der Waals surface area contributed by atoms with Crippen molar-refractivity contribution in [1.82, 2.24) is 0 Å². The van der Waals surface area contributed by atoms with Crippen LogP contribution in [-0.2, 0) is 4.79 Å². The molecule has 0 radical (unpaired) electrons. The molecule has 0 aromatic heterocycles. The third kappa shape index (κ3) is 4.12. The number of carboxylic acids is 1. The Balaban J connectivity index is 2.58. The largest absolute Gasteiger partial charge is 0.544 e. The summed E-state index contributed by atoms with van der Waals surface area (Å²) in [6.07, 6.45) is 0. The highest BCUT2D eigenvalue weighted by Crippen LogP contribution is 2.10. The van der Waals surface area contributed by atoms with Crippen LogP contribution in [0.1, 0.15) is 10.4 Å². The molecule has 0 saturated heterocycles. The maximum Gasteiger partial charge on any atom is 0.216 e. The second-order valence-electron chi connectivity index (χ2n) is 3.61. The van der Waals surface area contributed by atoms with E-state index in [0.717, 1.165) is 4.47 Å². The lowest BCUT2D eigenvalue weighted by Gasteiger charge is -2.13. The van der Waals surface area contributed by atoms with E-state index in [4.69, 9.17) is 0 Å². The molecule has 0 amide bonds. The Kier molecular flexibility index (Phi) is 4.64. The van der Waals surface area contributed by atoms with Crippen molar-refractivity contribution in [3.05, 3.63) is 34.3 Å². The average molecular weight is 286 g/mol. The first kappa shape index (κ1) is 12.9. The highest BCUT2D eigenvalue weighted by Gasteiger charge is 2.11. The highest BCUT2D eigenvalue weighted by atomic mass is 79.9. The molecule has 0 spiro atoms. The number of carbonyl (C=O) groups is 2. The second-order valence-corrected chi connectivity index (χ2v) is 4.53. The van der Waals surface area contributed by atoms with Crippen LogP contribution < -0.4 is 10.0 Å². The number of ketones is 1. The summed E-state index contributed by atoms with van der Waals surface area (Å²) in [5.41, 5.74) is 0.584. The molecule has 0 aliphatic heterocycles. The molecule has 1 rings (SSSR count). The standard InChI is InChI=1S/C11H12BrNO3/c1-13(7-11(15)16)6-10(14)8-2-4-9(12)5-3-8/h2-5H,6-7H2,1H3,(H,15,16). The van der Waals surface area contributed by atoms with Crippen molar-refractivity contribution in [2.24, 2.45) is 0 Å². The fourth-order valence-corrected chi connectivity index (χ4v) is 1.59. The summed E-state index contributed by atoms with van der Waals surface area (Å²) in [6, 6.07) is 6.97. The molecule has 0 aliphatic rings. The summed E-state index contributed by atoms with van der Waals surface area (Å²) in [5, 5.41) is 10.3. The molecule has 0 bridgehead atoms. The van der Waals surface area contributed by atoms with Crippen LogP contribution in [0, 0.1) is 0 Å². The minimum Gasteiger partial charge on any atom is -0.544 e. The molecule has 1 N–H and O–H groups in total. The van der Waals surface area contributed by atoms with Gasteiger partial charge in [-0.2, -0.15) is 0 Å². The van der Waals surface area contributed by atoms with E-state index in [1.807, 2.05) is 0 Å². The van der Waals surface area contributed by atoms with Crippen LogP contribution >= 0.6 is 15.9 Å². The van der Waals surface area contributed by atoms with Gasteiger partial charge in [0.1, 0.15) is 13.1 Å². The van der Waals surface area contributed by atoms with Gasteiger partial charge in [-0.3, -0.25) is 4.79 Å². The Morgan fingerprint density at radius 2 is 1.81 bits per heavy atom. The molecule has 0 heterocycles. The molecule has 5 heteroatoms. The minimum atomic E-state index is -1.15. The number of nitrogens with one attached hydrogen (secondary N) is 1. The zero-order valence-electron chi connectivity index (χ0n) is 8.83. The minimum absolute atomic E-state index is 0.0775. The lowest BCUT2D eigenvalue weighted by atomic mass is 10.1. The van der Waals surface area contributed by atoms with Crippen molar-refractivity contribution in [2.75, 3.05) is 20.1 Å². The maximum absolute atomic E-state index is 11.7. The van der Waals surface area contributed by atoms with Crippen molar-refractivity contribution < 1.29 is 19.6 Å². The number of rotatable bonds is 5. The van der Waals surface area contributed by atoms with Gasteiger partial charge in [0.15, 0.2) is 0 Å². The first-order valence-electron chi connectivity index (χ1n) is 4.79. The number of Topliss-reactive ketones (excluding diaryl/α,β-unsaturated/α-hetero) is 1. The molecule has 1 atom stereocenters. The number of hydrogen-bond donors (Lipinski definition) is 1. The predicted octanol–water partition coefficient (Wildman–Crippen LogP) is -1.10. The Bertz CT molecular complexity index is 389. The van der Waals surface area contributed by atoms with Gasteiger partial charge < -0.3 is 14.8 Å². The number of carboxylic acid groups (broad SMARTS) is 1. The molecular weight excluding hydrogens is 274 g/mol. The van der Waals surface area contributed by atoms with E-state index in [9.17, 15) is 14.7 Å². The number of benzene rings is 1. The van der Waals surface area contributed by atoms with Gasteiger partial charge >= 0.3 is 0 Å². The molecule has 86 valence electrons. The quantitative estimate of drug-likeness (QED) is 0.699. The first-order valence-corrected chi connectivity index (χ1v) is 5.58. The topological polar surface area (TPSA) is 61.6 Å². The van der Waals surface area contributed by atoms with Crippen LogP contribution in [0.15, 0.2) is 28.7 Å². The predicted molar refractivity (Wildman–Crippen MR) is 60.1 cm³/mol. The molecule has 1 aromatic rings. The van der Waals surface area contributed by atoms with Crippen molar-refractivity contribution >= 4 is 27.7 Å². The molecule has 0 aliphatic carbocycles. The summed E-state index contributed by atoms with van der Waals surface area (Å²) in [4.78, 5) is 22.6. The van der Waals surface area contributed by atoms with Gasteiger partial charge in [-0.1, -0.05) is 28.1 Å². The molecular formula is C11H12BrNO3. The monoisotopic (exact) mass is 285 g/mol. The number of hydrogen-bond acceptors (Lipinski definition) is 3. The summed E-state index contributed by atoms with van der Waals surface area (Å²) < 4.78 is 0.902. The summed E-state index contributed by atoms with van der Waals surface area (Å²) >= 11 is 3.28. The summed E-state index contributed by atoms with van der Waals surface area (Å²) in [7, 11) is 1.65. The zero-order valence-corrected chi connectivity index (χ0v) is 10.4. The molecule has 0 saturated carbocycles. The van der Waals surface area contributed by atoms with Crippen molar-refractivity contribution in [1.29, 1.82) is 0 Å². The smallest absolute Gasteiger partial charge is 0.216 e. The van der Waals surface area contributed by atoms with Crippen LogP contribution in [0.5, 0.6) is 0 Å². The van der Waals surface area contributed by atoms with Crippen LogP contribution in [-0.4, -0.2) is 31.9 Å². The van der Waals surface area contributed by atoms with Gasteiger partial charge in [0.2, 0.25) is 5.78 Å². The normalized spacial score (nSPS) is 12.1. The van der Waals surface area contributed by atoms with Gasteiger partial charge in [-0.25, -0.2) is 0 Å². The van der Waals surface area contributed by atoms with E-state index >= 15 is 0 Å². The van der Waals surface area contributed by atoms with E-state index in [0.29, 0.717) is 10.5 Å². The Hall–Kier alpha value is -1.20. The molecule has 4 nitrogen and oxygen atoms in total. The SMILES string of the molecule is C[NH+](CC(=O)[O-])CC(=O)c1ccc(Br)cc1. The van der Waals surface area contributed by atoms with Gasteiger partial charge in [0.05, 0.1) is 13.0 Å². The second kappa shape index (κ2) is 5.77. The van der Waals surface area contributed by atoms with E-state index in [1.165, 1.54) is 0 Å². The first-order chi connectivity index (χ1) is 7.49. The van der Waals surface area contributed by atoms with Gasteiger partial charge in [0, 0.05) is 10.0 Å². The Morgan fingerprint density at radius 1 is 1.25 bits per heavy atom. The number of carbonyl (C=O) groups excluding carboxylic acids is 2. The van der Waals surface area contributed by atoms with Crippen LogP contribution in [0.3, 0.4) is 0 Å². The number of likely N-dealkylation sites (N-methyl/N-ethyl adjacent to an activating group) is 1. The molecule has 0 fully saturated rings. The van der Waals surface area contributed by atoms with Crippen molar-refractivity contribution in [3.63, 3.8) is 0 Å². The number of quaternary nitrogens is 1. The summed E-state index contributed by atoms with van der Waals surface area (Å²) in [6.45, 7) is -0.0160. The van der Waals surface area contributed by atoms with Crippen molar-refractivity contribution in [3.8, 4) is 0 Å². The zero-order chi connectivity index (χ0) is 12.1. The van der Waals surface area contributed by atoms with E-state index in [1.54, 1.807) is 31.3 Å².